The number of nitriles is 1. The predicted octanol–water partition coefficient (Wildman–Crippen LogP) is 3.09. The van der Waals surface area contributed by atoms with Gasteiger partial charge in [-0.05, 0) is 38.1 Å². The highest BCUT2D eigenvalue weighted by atomic mass is 35.5. The van der Waals surface area contributed by atoms with Crippen LogP contribution in [0.1, 0.15) is 31.0 Å². The van der Waals surface area contributed by atoms with Gasteiger partial charge in [0.15, 0.2) is 0 Å². The number of pyridine rings is 1. The van der Waals surface area contributed by atoms with E-state index in [9.17, 15) is 4.79 Å². The van der Waals surface area contributed by atoms with E-state index in [4.69, 9.17) is 21.6 Å². The molecule has 5 heteroatoms. The van der Waals surface area contributed by atoms with Crippen LogP contribution in [0.5, 0.6) is 5.75 Å². The van der Waals surface area contributed by atoms with E-state index in [1.165, 1.54) is 6.07 Å². The normalized spacial score (nSPS) is 22.3. The molecule has 1 aliphatic heterocycles. The van der Waals surface area contributed by atoms with Gasteiger partial charge in [0.1, 0.15) is 11.4 Å². The summed E-state index contributed by atoms with van der Waals surface area (Å²) < 4.78 is 7.57. The quantitative estimate of drug-likeness (QED) is 0.760. The highest BCUT2D eigenvalue weighted by Gasteiger charge is 2.44. The molecule has 4 nitrogen and oxygen atoms in total. The van der Waals surface area contributed by atoms with Crippen LogP contribution in [0, 0.1) is 11.3 Å². The molecule has 2 aromatic rings. The van der Waals surface area contributed by atoms with Crippen LogP contribution in [0.25, 0.3) is 0 Å². The first kappa shape index (κ1) is 14.7. The molecule has 2 atom stereocenters. The van der Waals surface area contributed by atoms with Gasteiger partial charge in [0.05, 0.1) is 23.1 Å². The van der Waals surface area contributed by atoms with Crippen molar-refractivity contribution in [2.75, 3.05) is 0 Å². The Labute approximate surface area is 133 Å². The molecule has 1 aromatic heterocycles. The summed E-state index contributed by atoms with van der Waals surface area (Å²) in [6, 6.07) is 11.9. The van der Waals surface area contributed by atoms with Crippen LogP contribution in [0.3, 0.4) is 0 Å². The SMILES string of the molecule is CC1(C)Oc2ccc(C#N)cc2[C@@H](n2ccccc2=O)[C@@H]1Cl. The van der Waals surface area contributed by atoms with Crippen molar-refractivity contribution in [3.63, 3.8) is 0 Å². The van der Waals surface area contributed by atoms with Crippen molar-refractivity contribution in [2.45, 2.75) is 30.9 Å². The molecule has 2 heterocycles. The molecule has 0 fully saturated rings. The van der Waals surface area contributed by atoms with E-state index in [1.54, 1.807) is 41.1 Å². The number of nitrogens with zero attached hydrogens (tertiary/aromatic N) is 2. The van der Waals surface area contributed by atoms with Gasteiger partial charge in [0.25, 0.3) is 5.56 Å². The number of benzene rings is 1. The van der Waals surface area contributed by atoms with E-state index < -0.39 is 11.0 Å². The highest BCUT2D eigenvalue weighted by Crippen LogP contribution is 2.44. The smallest absolute Gasteiger partial charge is 0.251 e. The Hall–Kier alpha value is -2.25. The number of alkyl halides is 1. The monoisotopic (exact) mass is 314 g/mol. The Morgan fingerprint density at radius 1 is 1.32 bits per heavy atom. The second-order valence-corrected chi connectivity index (χ2v) is 6.33. The lowest BCUT2D eigenvalue weighted by Crippen LogP contribution is -2.49. The van der Waals surface area contributed by atoms with Crippen LogP contribution in [-0.2, 0) is 0 Å². The van der Waals surface area contributed by atoms with E-state index in [1.807, 2.05) is 13.8 Å². The fourth-order valence-corrected chi connectivity index (χ4v) is 3.08. The van der Waals surface area contributed by atoms with Crippen molar-refractivity contribution in [2.24, 2.45) is 0 Å². The molecule has 112 valence electrons. The largest absolute Gasteiger partial charge is 0.486 e. The summed E-state index contributed by atoms with van der Waals surface area (Å²) in [5.41, 5.74) is 0.499. The number of fused-ring (bicyclic) bond motifs is 1. The molecule has 0 N–H and O–H groups in total. The minimum Gasteiger partial charge on any atom is -0.486 e. The van der Waals surface area contributed by atoms with Crippen LogP contribution in [0.4, 0.5) is 0 Å². The van der Waals surface area contributed by atoms with E-state index in [0.717, 1.165) is 5.56 Å². The molecule has 0 amide bonds. The molecule has 3 rings (SSSR count). The maximum Gasteiger partial charge on any atom is 0.251 e. The van der Waals surface area contributed by atoms with Gasteiger partial charge < -0.3 is 9.30 Å². The van der Waals surface area contributed by atoms with Gasteiger partial charge >= 0.3 is 0 Å². The molecule has 0 spiro atoms. The molecule has 0 saturated carbocycles. The zero-order valence-electron chi connectivity index (χ0n) is 12.3. The lowest BCUT2D eigenvalue weighted by Gasteiger charge is -2.42. The van der Waals surface area contributed by atoms with Crippen molar-refractivity contribution in [1.82, 2.24) is 4.57 Å². The summed E-state index contributed by atoms with van der Waals surface area (Å²) >= 11 is 6.64. The van der Waals surface area contributed by atoms with Crippen molar-refractivity contribution in [3.05, 3.63) is 64.1 Å². The van der Waals surface area contributed by atoms with Crippen LogP contribution >= 0.6 is 11.6 Å². The van der Waals surface area contributed by atoms with Crippen molar-refractivity contribution in [1.29, 1.82) is 5.26 Å². The molecule has 22 heavy (non-hydrogen) atoms. The maximum absolute atomic E-state index is 12.2. The van der Waals surface area contributed by atoms with Gasteiger partial charge in [-0.25, -0.2) is 0 Å². The van der Waals surface area contributed by atoms with Crippen molar-refractivity contribution < 1.29 is 4.74 Å². The molecule has 0 radical (unpaired) electrons. The average molecular weight is 315 g/mol. The van der Waals surface area contributed by atoms with Crippen LogP contribution in [-0.4, -0.2) is 15.5 Å². The number of ether oxygens (including phenoxy) is 1. The van der Waals surface area contributed by atoms with Gasteiger partial charge in [-0.1, -0.05) is 6.07 Å². The third-order valence-corrected chi connectivity index (χ3v) is 4.69. The minimum atomic E-state index is -0.636. The summed E-state index contributed by atoms with van der Waals surface area (Å²) in [5, 5.41) is 8.68. The summed E-state index contributed by atoms with van der Waals surface area (Å²) in [4.78, 5) is 12.2. The first-order valence-corrected chi connectivity index (χ1v) is 7.42. The summed E-state index contributed by atoms with van der Waals surface area (Å²) in [5.74, 6) is 0.654. The van der Waals surface area contributed by atoms with Gasteiger partial charge in [-0.2, -0.15) is 5.26 Å². The van der Waals surface area contributed by atoms with Gasteiger partial charge in [0, 0.05) is 17.8 Å². The van der Waals surface area contributed by atoms with Crippen molar-refractivity contribution >= 4 is 11.6 Å². The van der Waals surface area contributed by atoms with Gasteiger partial charge in [-0.15, -0.1) is 11.6 Å². The first-order valence-electron chi connectivity index (χ1n) is 6.98. The second kappa shape index (κ2) is 5.19. The van der Waals surface area contributed by atoms with Crippen LogP contribution in [0.15, 0.2) is 47.4 Å². The zero-order chi connectivity index (χ0) is 15.9. The fourth-order valence-electron chi connectivity index (χ4n) is 2.78. The van der Waals surface area contributed by atoms with Crippen LogP contribution < -0.4 is 10.3 Å². The van der Waals surface area contributed by atoms with Gasteiger partial charge in [-0.3, -0.25) is 4.79 Å². The Bertz CT molecular complexity index is 820. The van der Waals surface area contributed by atoms with E-state index in [2.05, 4.69) is 6.07 Å². The maximum atomic E-state index is 12.2. The molecule has 0 unspecified atom stereocenters. The Morgan fingerprint density at radius 2 is 2.09 bits per heavy atom. The third-order valence-electron chi connectivity index (χ3n) is 3.92. The van der Waals surface area contributed by atoms with E-state index >= 15 is 0 Å². The van der Waals surface area contributed by atoms with Crippen LogP contribution in [0.2, 0.25) is 0 Å². The molecule has 0 aliphatic carbocycles. The summed E-state index contributed by atoms with van der Waals surface area (Å²) in [7, 11) is 0. The highest BCUT2D eigenvalue weighted by molar-refractivity contribution is 6.22. The number of hydrogen-bond donors (Lipinski definition) is 0. The zero-order valence-corrected chi connectivity index (χ0v) is 13.0. The Kier molecular flexibility index (Phi) is 3.46. The summed E-state index contributed by atoms with van der Waals surface area (Å²) in [6.45, 7) is 3.79. The lowest BCUT2D eigenvalue weighted by atomic mass is 9.88. The lowest BCUT2D eigenvalue weighted by molar-refractivity contribution is 0.0713. The Balaban J connectivity index is 2.26. The second-order valence-electron chi connectivity index (χ2n) is 5.86. The fraction of sp³-hybridized carbons (Fsp3) is 0.294. The molecule has 0 bridgehead atoms. The Morgan fingerprint density at radius 3 is 2.77 bits per heavy atom. The number of aromatic nitrogens is 1. The topological polar surface area (TPSA) is 55.0 Å². The average Bonchev–Trinajstić information content (AvgIpc) is 2.49. The van der Waals surface area contributed by atoms with E-state index in [0.29, 0.717) is 11.3 Å². The minimum absolute atomic E-state index is 0.135. The molecule has 0 saturated heterocycles. The number of rotatable bonds is 1. The molecule has 1 aliphatic rings. The standard InChI is InChI=1S/C17H15ClN2O2/c1-17(2)16(18)15(20-8-4-3-5-14(20)21)12-9-11(10-19)6-7-13(12)22-17/h3-9,15-16H,1-2H3/t15-,16+/m1/s1. The first-order chi connectivity index (χ1) is 10.4. The number of halogens is 1. The molecular weight excluding hydrogens is 300 g/mol. The molecule has 1 aromatic carbocycles. The molecular formula is C17H15ClN2O2. The van der Waals surface area contributed by atoms with Gasteiger partial charge in [0.2, 0.25) is 0 Å². The van der Waals surface area contributed by atoms with Crippen molar-refractivity contribution in [3.8, 4) is 11.8 Å². The summed E-state index contributed by atoms with van der Waals surface area (Å²) in [6.07, 6.45) is 1.71. The van der Waals surface area contributed by atoms with E-state index in [-0.39, 0.29) is 11.6 Å². The number of hydrogen-bond acceptors (Lipinski definition) is 3. The third kappa shape index (κ3) is 2.28. The predicted molar refractivity (Wildman–Crippen MR) is 84.3 cm³/mol.